The molecule has 0 aliphatic rings. The number of hydrogen-bond acceptors (Lipinski definition) is 2. The lowest BCUT2D eigenvalue weighted by molar-refractivity contribution is -0.116. The Bertz CT molecular complexity index is 345. The Morgan fingerprint density at radius 2 is 1.92 bits per heavy atom. The summed E-state index contributed by atoms with van der Waals surface area (Å²) in [5.74, 6) is -0.372. The van der Waals surface area contributed by atoms with Gasteiger partial charge < -0.3 is 0 Å². The molecule has 0 aromatic heterocycles. The predicted octanol–water partition coefficient (Wildman–Crippen LogP) is 2.50. The summed E-state index contributed by atoms with van der Waals surface area (Å²) in [5.41, 5.74) is 0.416. The lowest BCUT2D eigenvalue weighted by Gasteiger charge is -1.99. The minimum atomic E-state index is -0.224. The van der Waals surface area contributed by atoms with Crippen molar-refractivity contribution in [2.24, 2.45) is 0 Å². The van der Waals surface area contributed by atoms with Gasteiger partial charge in [-0.05, 0) is 19.1 Å². The molecule has 0 amide bonds. The first-order chi connectivity index (χ1) is 6.11. The number of rotatable bonds is 3. The van der Waals surface area contributed by atoms with Crippen LogP contribution in [0.15, 0.2) is 24.3 Å². The number of hydrogen-bond donors (Lipinski definition) is 0. The fourth-order valence-electron chi connectivity index (χ4n) is 1.01. The molecular formula is C10H9ClO2. The molecule has 1 aromatic carbocycles. The van der Waals surface area contributed by atoms with Crippen LogP contribution in [-0.4, -0.2) is 11.6 Å². The molecule has 0 aliphatic carbocycles. The van der Waals surface area contributed by atoms with Crippen LogP contribution < -0.4 is 0 Å². The van der Waals surface area contributed by atoms with E-state index < -0.39 is 0 Å². The highest BCUT2D eigenvalue weighted by molar-refractivity contribution is 6.34. The van der Waals surface area contributed by atoms with Crippen molar-refractivity contribution >= 4 is 23.2 Å². The molecule has 1 aromatic rings. The Balaban J connectivity index is 2.89. The van der Waals surface area contributed by atoms with Crippen LogP contribution in [0.1, 0.15) is 23.7 Å². The lowest BCUT2D eigenvalue weighted by atomic mass is 10.1. The zero-order chi connectivity index (χ0) is 9.84. The van der Waals surface area contributed by atoms with Crippen molar-refractivity contribution in [1.82, 2.24) is 0 Å². The number of carbonyl (C=O) groups is 2. The number of carbonyl (C=O) groups excluding carboxylic acids is 2. The summed E-state index contributed by atoms with van der Waals surface area (Å²) < 4.78 is 0. The molecule has 0 bridgehead atoms. The predicted molar refractivity (Wildman–Crippen MR) is 51.1 cm³/mol. The summed E-state index contributed by atoms with van der Waals surface area (Å²) in [6.07, 6.45) is -0.0796. The van der Waals surface area contributed by atoms with Crippen LogP contribution >= 0.6 is 11.6 Å². The first-order valence-electron chi connectivity index (χ1n) is 3.88. The van der Waals surface area contributed by atoms with Gasteiger partial charge in [0.15, 0.2) is 5.78 Å². The van der Waals surface area contributed by atoms with E-state index in [-0.39, 0.29) is 18.0 Å². The molecule has 0 aliphatic heterocycles. The molecule has 0 unspecified atom stereocenters. The van der Waals surface area contributed by atoms with Gasteiger partial charge in [-0.15, -0.1) is 0 Å². The summed E-state index contributed by atoms with van der Waals surface area (Å²) >= 11 is 5.77. The molecule has 0 heterocycles. The first-order valence-corrected chi connectivity index (χ1v) is 4.26. The van der Waals surface area contributed by atoms with Gasteiger partial charge in [-0.3, -0.25) is 9.59 Å². The molecular weight excluding hydrogens is 188 g/mol. The molecule has 0 N–H and O–H groups in total. The van der Waals surface area contributed by atoms with Gasteiger partial charge in [0.2, 0.25) is 0 Å². The zero-order valence-corrected chi connectivity index (χ0v) is 7.97. The number of Topliss-reactive ketones (excluding diaryl/α,β-unsaturated/α-hetero) is 2. The highest BCUT2D eigenvalue weighted by Crippen LogP contribution is 2.16. The van der Waals surface area contributed by atoms with Crippen molar-refractivity contribution in [2.45, 2.75) is 13.3 Å². The molecule has 2 nitrogen and oxygen atoms in total. The molecule has 1 rings (SSSR count). The quantitative estimate of drug-likeness (QED) is 0.550. The minimum Gasteiger partial charge on any atom is -0.300 e. The van der Waals surface area contributed by atoms with Gasteiger partial charge in [0, 0.05) is 5.56 Å². The van der Waals surface area contributed by atoms with Crippen LogP contribution in [0, 0.1) is 0 Å². The molecule has 0 saturated carbocycles. The Kier molecular flexibility index (Phi) is 3.20. The van der Waals surface area contributed by atoms with Crippen molar-refractivity contribution in [2.75, 3.05) is 0 Å². The molecule has 3 heteroatoms. The van der Waals surface area contributed by atoms with E-state index in [1.807, 2.05) is 0 Å². The van der Waals surface area contributed by atoms with E-state index in [1.54, 1.807) is 24.3 Å². The second kappa shape index (κ2) is 4.19. The smallest absolute Gasteiger partial charge is 0.171 e. The van der Waals surface area contributed by atoms with Crippen LogP contribution in [0.5, 0.6) is 0 Å². The minimum absolute atomic E-state index is 0.0796. The number of halogens is 1. The molecule has 0 spiro atoms. The van der Waals surface area contributed by atoms with E-state index in [0.717, 1.165) is 0 Å². The van der Waals surface area contributed by atoms with Gasteiger partial charge in [-0.25, -0.2) is 0 Å². The second-order valence-electron chi connectivity index (χ2n) is 2.78. The maximum Gasteiger partial charge on any atom is 0.171 e. The maximum absolute atomic E-state index is 11.4. The zero-order valence-electron chi connectivity index (χ0n) is 7.21. The van der Waals surface area contributed by atoms with Gasteiger partial charge >= 0.3 is 0 Å². The third-order valence-corrected chi connectivity index (χ3v) is 1.91. The summed E-state index contributed by atoms with van der Waals surface area (Å²) in [6.45, 7) is 1.38. The van der Waals surface area contributed by atoms with Crippen LogP contribution in [0.25, 0.3) is 0 Å². The van der Waals surface area contributed by atoms with Crippen LogP contribution in [-0.2, 0) is 4.79 Å². The molecule has 0 atom stereocenters. The molecule has 13 heavy (non-hydrogen) atoms. The third-order valence-electron chi connectivity index (χ3n) is 1.58. The standard InChI is InChI=1S/C10H9ClO2/c1-7(12)6-10(13)8-4-2-3-5-9(8)11/h2-5H,6H2,1H3. The fourth-order valence-corrected chi connectivity index (χ4v) is 1.25. The highest BCUT2D eigenvalue weighted by Gasteiger charge is 2.10. The van der Waals surface area contributed by atoms with Crippen molar-refractivity contribution < 1.29 is 9.59 Å². The van der Waals surface area contributed by atoms with Crippen LogP contribution in [0.3, 0.4) is 0 Å². The SMILES string of the molecule is CC(=O)CC(=O)c1ccccc1Cl. The Hall–Kier alpha value is -1.15. The van der Waals surface area contributed by atoms with Crippen molar-refractivity contribution in [3.05, 3.63) is 34.9 Å². The van der Waals surface area contributed by atoms with Gasteiger partial charge in [-0.2, -0.15) is 0 Å². The largest absolute Gasteiger partial charge is 0.300 e. The maximum atomic E-state index is 11.4. The van der Waals surface area contributed by atoms with E-state index in [0.29, 0.717) is 10.6 Å². The van der Waals surface area contributed by atoms with Gasteiger partial charge in [0.05, 0.1) is 11.4 Å². The number of ketones is 2. The Labute approximate surface area is 81.5 Å². The van der Waals surface area contributed by atoms with Crippen LogP contribution in [0.2, 0.25) is 5.02 Å². The summed E-state index contributed by atoms with van der Waals surface area (Å²) in [7, 11) is 0. The lowest BCUT2D eigenvalue weighted by Crippen LogP contribution is -2.05. The van der Waals surface area contributed by atoms with Crippen molar-refractivity contribution in [3.8, 4) is 0 Å². The molecule has 0 saturated heterocycles. The first kappa shape index (κ1) is 9.93. The highest BCUT2D eigenvalue weighted by atomic mass is 35.5. The summed E-state index contributed by atoms with van der Waals surface area (Å²) in [5, 5.41) is 0.397. The van der Waals surface area contributed by atoms with Crippen LogP contribution in [0.4, 0.5) is 0 Å². The summed E-state index contributed by atoms with van der Waals surface area (Å²) in [6, 6.07) is 6.72. The fraction of sp³-hybridized carbons (Fsp3) is 0.200. The third kappa shape index (κ3) is 2.67. The van der Waals surface area contributed by atoms with E-state index in [1.165, 1.54) is 6.92 Å². The van der Waals surface area contributed by atoms with Crippen molar-refractivity contribution in [1.29, 1.82) is 0 Å². The Morgan fingerprint density at radius 3 is 2.46 bits per heavy atom. The van der Waals surface area contributed by atoms with Crippen molar-refractivity contribution in [3.63, 3.8) is 0 Å². The Morgan fingerprint density at radius 1 is 1.31 bits per heavy atom. The van der Waals surface area contributed by atoms with Gasteiger partial charge in [-0.1, -0.05) is 23.7 Å². The summed E-state index contributed by atoms with van der Waals surface area (Å²) in [4.78, 5) is 22.0. The molecule has 68 valence electrons. The van der Waals surface area contributed by atoms with E-state index in [9.17, 15) is 9.59 Å². The van der Waals surface area contributed by atoms with Gasteiger partial charge in [0.25, 0.3) is 0 Å². The average molecular weight is 197 g/mol. The van der Waals surface area contributed by atoms with E-state index >= 15 is 0 Å². The monoisotopic (exact) mass is 196 g/mol. The van der Waals surface area contributed by atoms with E-state index in [2.05, 4.69) is 0 Å². The van der Waals surface area contributed by atoms with Gasteiger partial charge in [0.1, 0.15) is 5.78 Å². The topological polar surface area (TPSA) is 34.1 Å². The average Bonchev–Trinajstić information content (AvgIpc) is 2.03. The number of benzene rings is 1. The molecule has 0 fully saturated rings. The van der Waals surface area contributed by atoms with E-state index in [4.69, 9.17) is 11.6 Å². The second-order valence-corrected chi connectivity index (χ2v) is 3.19. The molecule has 0 radical (unpaired) electrons. The normalized spacial score (nSPS) is 9.69.